The van der Waals surface area contributed by atoms with Crippen molar-refractivity contribution in [2.75, 3.05) is 0 Å². The van der Waals surface area contributed by atoms with Crippen LogP contribution in [0.1, 0.15) is 27.7 Å². The Morgan fingerprint density at radius 1 is 1.15 bits per heavy atom. The van der Waals surface area contributed by atoms with Gasteiger partial charge in [0, 0.05) is 12.1 Å². The molecule has 1 rings (SSSR count). The average molecular weight is 189 g/mol. The Kier molecular flexibility index (Phi) is 10.1. The molecule has 0 amide bonds. The number of hydrogen-bond donors (Lipinski definition) is 2. The van der Waals surface area contributed by atoms with Gasteiger partial charge in [-0.3, -0.25) is 0 Å². The predicted octanol–water partition coefficient (Wildman–Crippen LogP) is -0.232. The zero-order valence-electron chi connectivity index (χ0n) is 8.57. The first-order valence-corrected chi connectivity index (χ1v) is 4.05. The van der Waals surface area contributed by atoms with Gasteiger partial charge in [0.2, 0.25) is 0 Å². The maximum atomic E-state index is 3.38. The van der Waals surface area contributed by atoms with Gasteiger partial charge < -0.3 is 10.8 Å². The Balaban J connectivity index is 0. The van der Waals surface area contributed by atoms with Crippen LogP contribution in [-0.4, -0.2) is 38.2 Å². The molecule has 0 unspecified atom stereocenters. The van der Waals surface area contributed by atoms with E-state index in [2.05, 4.69) is 53.6 Å². The quantitative estimate of drug-likeness (QED) is 0.671. The maximum Gasteiger partial charge on any atom is 0.161 e. The fraction of sp³-hybridized carbons (Fsp3) is 0.857. The molecule has 0 saturated carbocycles. The van der Waals surface area contributed by atoms with Crippen LogP contribution < -0.4 is 5.32 Å². The van der Waals surface area contributed by atoms with Crippen molar-refractivity contribution in [3.05, 3.63) is 6.33 Å². The second-order valence-electron chi connectivity index (χ2n) is 3.04. The zero-order valence-corrected chi connectivity index (χ0v) is 8.57. The second-order valence-corrected chi connectivity index (χ2v) is 3.04. The van der Waals surface area contributed by atoms with Gasteiger partial charge >= 0.3 is 0 Å². The lowest BCUT2D eigenvalue weighted by Crippen LogP contribution is -2.29. The van der Waals surface area contributed by atoms with Crippen LogP contribution >= 0.6 is 0 Å². The van der Waals surface area contributed by atoms with Crippen molar-refractivity contribution in [3.8, 4) is 0 Å². The Bertz CT molecular complexity index is 140. The zero-order chi connectivity index (χ0) is 9.40. The van der Waals surface area contributed by atoms with Crippen molar-refractivity contribution in [1.29, 1.82) is 0 Å². The number of H-pyrrole nitrogens is 1. The molecule has 4 N–H and O–H groups in total. The molecular formula is C7H19N5O. The molecule has 0 spiro atoms. The van der Waals surface area contributed by atoms with Crippen LogP contribution in [0.15, 0.2) is 6.33 Å². The Morgan fingerprint density at radius 2 is 1.69 bits per heavy atom. The molecule has 0 fully saturated rings. The van der Waals surface area contributed by atoms with Crippen molar-refractivity contribution in [2.45, 2.75) is 39.8 Å². The summed E-state index contributed by atoms with van der Waals surface area (Å²) in [6.45, 7) is 8.61. The van der Waals surface area contributed by atoms with E-state index in [1.807, 2.05) is 0 Å². The fourth-order valence-corrected chi connectivity index (χ4v) is 0.796. The maximum absolute atomic E-state index is 3.38. The molecule has 0 aliphatic carbocycles. The third-order valence-corrected chi connectivity index (χ3v) is 0.936. The molecule has 6 heteroatoms. The molecule has 78 valence electrons. The van der Waals surface area contributed by atoms with E-state index < -0.39 is 0 Å². The summed E-state index contributed by atoms with van der Waals surface area (Å²) < 4.78 is 0. The van der Waals surface area contributed by atoms with Crippen molar-refractivity contribution < 1.29 is 5.48 Å². The lowest BCUT2D eigenvalue weighted by molar-refractivity contribution is 0.518. The smallest absolute Gasteiger partial charge is 0.161 e. The third kappa shape index (κ3) is 13.9. The molecule has 1 aromatic rings. The van der Waals surface area contributed by atoms with Gasteiger partial charge in [0.05, 0.1) is 0 Å². The van der Waals surface area contributed by atoms with Gasteiger partial charge in [-0.25, -0.2) is 0 Å². The highest BCUT2D eigenvalue weighted by molar-refractivity contribution is 4.55. The van der Waals surface area contributed by atoms with Crippen molar-refractivity contribution in [1.82, 2.24) is 25.9 Å². The van der Waals surface area contributed by atoms with E-state index >= 15 is 0 Å². The normalized spacial score (nSPS) is 9.08. The monoisotopic (exact) mass is 189 g/mol. The number of nitrogens with one attached hydrogen (secondary N) is 2. The summed E-state index contributed by atoms with van der Waals surface area (Å²) in [7, 11) is 0. The van der Waals surface area contributed by atoms with Gasteiger partial charge in [-0.15, -0.1) is 10.2 Å². The standard InChI is InChI=1S/C6H15N.CH2N4.H2O/c1-5(2)7-6(3)4;1-2-4-5-3-1;/h5-7H,1-4H3;1H,(H,2,3,4,5);1H2. The van der Waals surface area contributed by atoms with Crippen LogP contribution in [0.5, 0.6) is 0 Å². The molecule has 1 aromatic heterocycles. The van der Waals surface area contributed by atoms with Crippen LogP contribution in [0.25, 0.3) is 0 Å². The average Bonchev–Trinajstić information content (AvgIpc) is 2.36. The Hall–Kier alpha value is -1.01. The molecule has 1 heterocycles. The number of nitrogens with zero attached hydrogens (tertiary/aromatic N) is 3. The Morgan fingerprint density at radius 3 is 1.77 bits per heavy atom. The highest BCUT2D eigenvalue weighted by atomic mass is 16.0. The molecular weight excluding hydrogens is 170 g/mol. The minimum Gasteiger partial charge on any atom is -0.412 e. The summed E-state index contributed by atoms with van der Waals surface area (Å²) >= 11 is 0. The van der Waals surface area contributed by atoms with E-state index in [-0.39, 0.29) is 5.48 Å². The molecule has 0 saturated heterocycles. The van der Waals surface area contributed by atoms with Gasteiger partial charge in [0.25, 0.3) is 0 Å². The van der Waals surface area contributed by atoms with Crippen LogP contribution in [0, 0.1) is 0 Å². The van der Waals surface area contributed by atoms with Crippen molar-refractivity contribution in [2.24, 2.45) is 0 Å². The summed E-state index contributed by atoms with van der Waals surface area (Å²) in [5.74, 6) is 0. The van der Waals surface area contributed by atoms with Crippen LogP contribution in [0.2, 0.25) is 0 Å². The van der Waals surface area contributed by atoms with Gasteiger partial charge in [0.1, 0.15) is 0 Å². The topological polar surface area (TPSA) is 98.0 Å². The first-order chi connectivity index (χ1) is 5.63. The van der Waals surface area contributed by atoms with Gasteiger partial charge in [-0.2, -0.15) is 5.21 Å². The summed E-state index contributed by atoms with van der Waals surface area (Å²) in [4.78, 5) is 0. The molecule has 6 nitrogen and oxygen atoms in total. The van der Waals surface area contributed by atoms with Crippen molar-refractivity contribution >= 4 is 0 Å². The molecule has 0 radical (unpaired) electrons. The Labute approximate surface area is 78.4 Å². The van der Waals surface area contributed by atoms with Gasteiger partial charge in [-0.05, 0) is 0 Å². The summed E-state index contributed by atoms with van der Waals surface area (Å²) in [6.07, 6.45) is 1.33. The largest absolute Gasteiger partial charge is 0.412 e. The van der Waals surface area contributed by atoms with E-state index in [1.54, 1.807) is 0 Å². The minimum atomic E-state index is 0. The number of aromatic amines is 1. The summed E-state index contributed by atoms with van der Waals surface area (Å²) in [6, 6.07) is 1.25. The highest BCUT2D eigenvalue weighted by Crippen LogP contribution is 1.80. The first kappa shape index (κ1) is 14.5. The number of rotatable bonds is 2. The molecule has 0 aliphatic rings. The highest BCUT2D eigenvalue weighted by Gasteiger charge is 1.92. The van der Waals surface area contributed by atoms with E-state index in [1.165, 1.54) is 6.33 Å². The van der Waals surface area contributed by atoms with Gasteiger partial charge in [0.15, 0.2) is 6.33 Å². The van der Waals surface area contributed by atoms with E-state index in [0.717, 1.165) is 0 Å². The first-order valence-electron chi connectivity index (χ1n) is 4.05. The molecule has 0 bridgehead atoms. The van der Waals surface area contributed by atoms with Gasteiger partial charge in [-0.1, -0.05) is 32.9 Å². The summed E-state index contributed by atoms with van der Waals surface area (Å²) in [5.41, 5.74) is 0. The SMILES string of the molecule is CC(C)NC(C)C.O.c1nn[nH]n1. The lowest BCUT2D eigenvalue weighted by Gasteiger charge is -2.10. The van der Waals surface area contributed by atoms with E-state index in [4.69, 9.17) is 0 Å². The van der Waals surface area contributed by atoms with E-state index in [9.17, 15) is 0 Å². The lowest BCUT2D eigenvalue weighted by atomic mass is 10.3. The second kappa shape index (κ2) is 9.08. The molecule has 0 aliphatic heterocycles. The van der Waals surface area contributed by atoms with Crippen LogP contribution in [0.4, 0.5) is 0 Å². The molecule has 0 atom stereocenters. The molecule has 13 heavy (non-hydrogen) atoms. The predicted molar refractivity (Wildman–Crippen MR) is 51.2 cm³/mol. The minimum absolute atomic E-state index is 0. The van der Waals surface area contributed by atoms with E-state index in [0.29, 0.717) is 12.1 Å². The molecule has 0 aromatic carbocycles. The summed E-state index contributed by atoms with van der Waals surface area (Å²) in [5, 5.41) is 15.5. The fourth-order valence-electron chi connectivity index (χ4n) is 0.796. The number of aromatic nitrogens is 4. The number of hydrogen-bond acceptors (Lipinski definition) is 4. The van der Waals surface area contributed by atoms with Crippen LogP contribution in [-0.2, 0) is 0 Å². The third-order valence-electron chi connectivity index (χ3n) is 0.936. The number of tetrazole rings is 1. The van der Waals surface area contributed by atoms with Crippen LogP contribution in [0.3, 0.4) is 0 Å². The van der Waals surface area contributed by atoms with Crippen molar-refractivity contribution in [3.63, 3.8) is 0 Å².